The van der Waals surface area contributed by atoms with Gasteiger partial charge in [0.1, 0.15) is 12.0 Å². The van der Waals surface area contributed by atoms with Crippen LogP contribution in [0.25, 0.3) is 11.3 Å². The lowest BCUT2D eigenvalue weighted by molar-refractivity contribution is -0.137. The van der Waals surface area contributed by atoms with Crippen LogP contribution in [0.4, 0.5) is 9.18 Å². The van der Waals surface area contributed by atoms with Crippen molar-refractivity contribution in [3.8, 4) is 11.3 Å². The first-order chi connectivity index (χ1) is 19.6. The van der Waals surface area contributed by atoms with Gasteiger partial charge in [-0.1, -0.05) is 81.4 Å². The fourth-order valence-electron chi connectivity index (χ4n) is 5.48. The van der Waals surface area contributed by atoms with Gasteiger partial charge in [0, 0.05) is 44.0 Å². The number of rotatable bonds is 10. The van der Waals surface area contributed by atoms with Crippen molar-refractivity contribution in [1.29, 1.82) is 0 Å². The Morgan fingerprint density at radius 1 is 1.07 bits per heavy atom. The molecule has 1 aliphatic rings. The van der Waals surface area contributed by atoms with Crippen molar-refractivity contribution in [2.45, 2.75) is 58.4 Å². The van der Waals surface area contributed by atoms with Crippen LogP contribution in [-0.2, 0) is 11.4 Å². The number of halogens is 1. The van der Waals surface area contributed by atoms with Gasteiger partial charge in [0.25, 0.3) is 0 Å². The van der Waals surface area contributed by atoms with Crippen LogP contribution in [0.15, 0.2) is 66.9 Å². The van der Waals surface area contributed by atoms with Gasteiger partial charge in [-0.05, 0) is 37.9 Å². The van der Waals surface area contributed by atoms with Gasteiger partial charge in [0.2, 0.25) is 0 Å². The molecule has 0 unspecified atom stereocenters. The number of carbonyl (C=O) groups is 1. The van der Waals surface area contributed by atoms with E-state index in [1.807, 2.05) is 75.5 Å². The zero-order valence-corrected chi connectivity index (χ0v) is 25.0. The number of nitrogens with two attached hydrogens (primary N) is 1. The number of imidazole rings is 1. The summed E-state index contributed by atoms with van der Waals surface area (Å²) in [5, 5.41) is 1.70. The quantitative estimate of drug-likeness (QED) is 0.357. The summed E-state index contributed by atoms with van der Waals surface area (Å²) in [4.78, 5) is 28.6. The van der Waals surface area contributed by atoms with Gasteiger partial charge in [0.05, 0.1) is 18.3 Å². The number of nitrogens with zero attached hydrogens (tertiary/aromatic N) is 5. The number of benzene rings is 2. The largest absolute Gasteiger partial charge is 0.429 e. The normalized spacial score (nSPS) is 16.5. The predicted octanol–water partition coefficient (Wildman–Crippen LogP) is 5.36. The van der Waals surface area contributed by atoms with E-state index < -0.39 is 23.7 Å². The van der Waals surface area contributed by atoms with E-state index in [1.54, 1.807) is 5.06 Å². The number of alkyl halides is 1. The minimum atomic E-state index is -1.40. The second-order valence-corrected chi connectivity index (χ2v) is 12.2. The van der Waals surface area contributed by atoms with E-state index >= 15 is 4.39 Å². The summed E-state index contributed by atoms with van der Waals surface area (Å²) in [6, 6.07) is 19.9. The van der Waals surface area contributed by atoms with E-state index in [4.69, 9.17) is 15.6 Å². The summed E-state index contributed by atoms with van der Waals surface area (Å²) in [5.74, 6) is 0.674. The molecule has 1 aromatic heterocycles. The molecule has 4 rings (SSSR count). The Balaban J connectivity index is 1.73. The monoisotopic (exact) mass is 564 g/mol. The van der Waals surface area contributed by atoms with Gasteiger partial charge in [0.15, 0.2) is 0 Å². The van der Waals surface area contributed by atoms with Gasteiger partial charge in [-0.25, -0.2) is 14.2 Å². The fraction of sp³-hybridized carbons (Fsp3) is 0.500. The highest BCUT2D eigenvalue weighted by molar-refractivity contribution is 5.68. The topological polar surface area (TPSA) is 79.9 Å². The third-order valence-electron chi connectivity index (χ3n) is 7.70. The third-order valence-corrected chi connectivity index (χ3v) is 7.70. The first kappa shape index (κ1) is 30.7. The van der Waals surface area contributed by atoms with Crippen molar-refractivity contribution < 1.29 is 14.0 Å². The maximum Gasteiger partial charge on any atom is 0.429 e. The molecule has 2 N–H and O–H groups in total. The lowest BCUT2D eigenvalue weighted by Gasteiger charge is -2.41. The summed E-state index contributed by atoms with van der Waals surface area (Å²) < 4.78 is 17.1. The van der Waals surface area contributed by atoms with Crippen LogP contribution in [0.1, 0.15) is 51.0 Å². The molecule has 0 aliphatic carbocycles. The number of amides is 1. The smallest absolute Gasteiger partial charge is 0.351 e. The molecular formula is C32H45FN6O2. The average Bonchev–Trinajstić information content (AvgIpc) is 3.35. The number of carbonyl (C=O) groups excluding carboxylic acids is 1. The standard InChI is InChI=1S/C32H45FN6O2/c1-32(2,3)29(39(22-26(33)20-34)31(40)41-38-18-16-27(17-19-38)36(4)5)30-35-28(25-14-10-7-11-15-25)23-37(30)21-24-12-8-6-9-13-24/h6-15,23,26-27,29H,16-22,34H2,1-5H3/t26-,29+/m1/s1. The summed E-state index contributed by atoms with van der Waals surface area (Å²) in [6.07, 6.45) is 1.80. The molecule has 1 aliphatic heterocycles. The maximum atomic E-state index is 15.0. The first-order valence-electron chi connectivity index (χ1n) is 14.5. The van der Waals surface area contributed by atoms with Crippen molar-refractivity contribution in [3.05, 3.63) is 78.2 Å². The van der Waals surface area contributed by atoms with Crippen LogP contribution in [0.2, 0.25) is 0 Å². The summed E-state index contributed by atoms with van der Waals surface area (Å²) >= 11 is 0. The van der Waals surface area contributed by atoms with Crippen LogP contribution in [0.3, 0.4) is 0 Å². The molecule has 1 saturated heterocycles. The number of piperidine rings is 1. The van der Waals surface area contributed by atoms with Crippen LogP contribution < -0.4 is 5.73 Å². The Bertz CT molecular complexity index is 1240. The van der Waals surface area contributed by atoms with E-state index in [0.29, 0.717) is 31.5 Å². The third kappa shape index (κ3) is 7.93. The Morgan fingerprint density at radius 2 is 1.68 bits per heavy atom. The molecule has 3 aromatic rings. The zero-order valence-electron chi connectivity index (χ0n) is 25.0. The van der Waals surface area contributed by atoms with Crippen molar-refractivity contribution in [2.75, 3.05) is 40.3 Å². The molecule has 0 spiro atoms. The molecule has 222 valence electrons. The molecule has 0 bridgehead atoms. The molecule has 1 amide bonds. The van der Waals surface area contributed by atoms with Gasteiger partial charge >= 0.3 is 6.09 Å². The molecule has 0 radical (unpaired) electrons. The Hall–Kier alpha value is -3.27. The second kappa shape index (κ2) is 13.6. The van der Waals surface area contributed by atoms with E-state index in [-0.39, 0.29) is 13.1 Å². The van der Waals surface area contributed by atoms with E-state index in [2.05, 4.69) is 35.7 Å². The molecule has 2 aromatic carbocycles. The Labute approximate surface area is 243 Å². The Morgan fingerprint density at radius 3 is 2.24 bits per heavy atom. The van der Waals surface area contributed by atoms with Gasteiger partial charge in [-0.2, -0.15) is 0 Å². The highest BCUT2D eigenvalue weighted by Crippen LogP contribution is 2.40. The van der Waals surface area contributed by atoms with Gasteiger partial charge < -0.3 is 20.0 Å². The van der Waals surface area contributed by atoms with E-state index in [9.17, 15) is 4.79 Å². The number of aromatic nitrogens is 2. The van der Waals surface area contributed by atoms with Crippen LogP contribution >= 0.6 is 0 Å². The average molecular weight is 565 g/mol. The summed E-state index contributed by atoms with van der Waals surface area (Å²) in [6.45, 7) is 7.55. The molecule has 41 heavy (non-hydrogen) atoms. The van der Waals surface area contributed by atoms with E-state index in [0.717, 1.165) is 29.7 Å². The Kier molecular flexibility index (Phi) is 10.2. The van der Waals surface area contributed by atoms with Crippen LogP contribution in [-0.4, -0.2) is 83.0 Å². The van der Waals surface area contributed by atoms with Crippen molar-refractivity contribution in [1.82, 2.24) is 24.4 Å². The van der Waals surface area contributed by atoms with Crippen molar-refractivity contribution in [2.24, 2.45) is 11.1 Å². The number of hydroxylamine groups is 2. The maximum absolute atomic E-state index is 15.0. The highest BCUT2D eigenvalue weighted by Gasteiger charge is 2.41. The van der Waals surface area contributed by atoms with Gasteiger partial charge in [-0.15, -0.1) is 5.06 Å². The minimum absolute atomic E-state index is 0.190. The van der Waals surface area contributed by atoms with Crippen LogP contribution in [0.5, 0.6) is 0 Å². The van der Waals surface area contributed by atoms with Crippen LogP contribution in [0, 0.1) is 5.41 Å². The van der Waals surface area contributed by atoms with E-state index in [1.165, 1.54) is 4.90 Å². The van der Waals surface area contributed by atoms with Gasteiger partial charge in [-0.3, -0.25) is 4.90 Å². The van der Waals surface area contributed by atoms with Crippen molar-refractivity contribution in [3.63, 3.8) is 0 Å². The lowest BCUT2D eigenvalue weighted by Crippen LogP contribution is -2.50. The SMILES string of the molecule is CN(C)C1CCN(OC(=O)N(C[C@H](F)CN)[C@@H](c2nc(-c3ccccc3)cn2Cc2ccccc2)C(C)(C)C)CC1. The second-order valence-electron chi connectivity index (χ2n) is 12.2. The molecule has 8 nitrogen and oxygen atoms in total. The molecule has 9 heteroatoms. The number of hydrogen-bond donors (Lipinski definition) is 1. The lowest BCUT2D eigenvalue weighted by atomic mass is 9.84. The first-order valence-corrected chi connectivity index (χ1v) is 14.5. The minimum Gasteiger partial charge on any atom is -0.351 e. The molecule has 2 atom stereocenters. The highest BCUT2D eigenvalue weighted by atomic mass is 19.1. The molecule has 2 heterocycles. The zero-order chi connectivity index (χ0) is 29.6. The molecule has 1 fully saturated rings. The molecule has 0 saturated carbocycles. The van der Waals surface area contributed by atoms with Crippen molar-refractivity contribution >= 4 is 6.09 Å². The molecular weight excluding hydrogens is 519 g/mol. The fourth-order valence-corrected chi connectivity index (χ4v) is 5.48. The summed E-state index contributed by atoms with van der Waals surface area (Å²) in [7, 11) is 4.13. The predicted molar refractivity (Wildman–Crippen MR) is 161 cm³/mol. The number of hydrogen-bond acceptors (Lipinski definition) is 6. The summed E-state index contributed by atoms with van der Waals surface area (Å²) in [5.41, 5.74) is 8.08.